The van der Waals surface area contributed by atoms with Crippen LogP contribution in [0, 0.1) is 5.92 Å². The molecule has 16 nitrogen and oxygen atoms in total. The zero-order chi connectivity index (χ0) is 47.9. The van der Waals surface area contributed by atoms with Crippen LogP contribution in [0.5, 0.6) is 17.2 Å². The van der Waals surface area contributed by atoms with Gasteiger partial charge >= 0.3 is 7.82 Å². The number of fused-ring (bicyclic) bond motifs is 6. The van der Waals surface area contributed by atoms with Crippen LogP contribution in [0.3, 0.4) is 0 Å². The van der Waals surface area contributed by atoms with Crippen molar-refractivity contribution in [3.63, 3.8) is 0 Å². The molecule has 352 valence electrons. The van der Waals surface area contributed by atoms with Gasteiger partial charge in [0.1, 0.15) is 23.9 Å². The van der Waals surface area contributed by atoms with Crippen molar-refractivity contribution in [2.24, 2.45) is 5.92 Å². The Morgan fingerprint density at radius 2 is 1.50 bits per heavy atom. The Morgan fingerprint density at radius 3 is 2.19 bits per heavy atom. The third-order valence-electron chi connectivity index (χ3n) is 12.5. The highest BCUT2D eigenvalue weighted by Crippen LogP contribution is 2.48. The molecule has 3 aliphatic heterocycles. The number of carbonyl (C=O) groups excluding carboxylic acids is 5. The van der Waals surface area contributed by atoms with Crippen molar-refractivity contribution in [1.29, 1.82) is 0 Å². The smallest absolute Gasteiger partial charge is 0.491 e. The molecule has 2 N–H and O–H groups in total. The van der Waals surface area contributed by atoms with E-state index in [0.29, 0.717) is 64.3 Å². The number of nitrogens with zero attached hydrogens (tertiary/aromatic N) is 3. The molecule has 18 heteroatoms. The van der Waals surface area contributed by atoms with Gasteiger partial charge in [-0.1, -0.05) is 67.6 Å². The number of hydrogen-bond donors (Lipinski definition) is 2. The molecule has 1 saturated carbocycles. The van der Waals surface area contributed by atoms with Crippen LogP contribution in [0.1, 0.15) is 41.5 Å². The maximum absolute atomic E-state index is 14.1. The lowest BCUT2D eigenvalue weighted by molar-refractivity contribution is -0.140. The summed E-state index contributed by atoms with van der Waals surface area (Å²) in [4.78, 5) is 88.5. The van der Waals surface area contributed by atoms with E-state index in [1.165, 1.54) is 35.1 Å². The molecule has 4 amide bonds. The highest BCUT2D eigenvalue weighted by Gasteiger charge is 2.53. The Balaban J connectivity index is 0.955. The molecule has 4 aliphatic rings. The fourth-order valence-electron chi connectivity index (χ4n) is 9.18. The molecule has 5 aromatic rings. The molecule has 3 unspecified atom stereocenters. The second-order valence-corrected chi connectivity index (χ2v) is 18.4. The quantitative estimate of drug-likeness (QED) is 0.0333. The number of phosphoric ester groups is 1. The van der Waals surface area contributed by atoms with Crippen molar-refractivity contribution in [2.75, 3.05) is 62.2 Å². The second-order valence-electron chi connectivity index (χ2n) is 16.9. The molecule has 5 aromatic carbocycles. The summed E-state index contributed by atoms with van der Waals surface area (Å²) in [6.07, 6.45) is 5.36. The maximum Gasteiger partial charge on any atom is 0.524 e. The lowest BCUT2D eigenvalue weighted by atomic mass is 9.95. The van der Waals surface area contributed by atoms with Gasteiger partial charge in [-0.05, 0) is 52.1 Å². The average Bonchev–Trinajstić information content (AvgIpc) is 3.59. The van der Waals surface area contributed by atoms with E-state index in [2.05, 4.69) is 0 Å². The highest BCUT2D eigenvalue weighted by molar-refractivity contribution is 7.46. The molecular weight excluding hydrogens is 917 g/mol. The van der Waals surface area contributed by atoms with Gasteiger partial charge in [0.15, 0.2) is 12.2 Å². The van der Waals surface area contributed by atoms with Crippen molar-refractivity contribution in [2.45, 2.75) is 37.9 Å². The Kier molecular flexibility index (Phi) is 13.3. The Morgan fingerprint density at radius 1 is 0.809 bits per heavy atom. The fraction of sp³-hybridized carbons (Fsp3) is 0.300. The fourth-order valence-corrected chi connectivity index (χ4v) is 9.84. The minimum atomic E-state index is -4.92. The van der Waals surface area contributed by atoms with E-state index < -0.39 is 25.9 Å². The number of halogens is 1. The van der Waals surface area contributed by atoms with Gasteiger partial charge in [0.05, 0.1) is 31.1 Å². The molecule has 0 aromatic heterocycles. The first-order valence-electron chi connectivity index (χ1n) is 22.1. The average molecular weight is 964 g/mol. The summed E-state index contributed by atoms with van der Waals surface area (Å²) in [7, 11) is -3.46. The number of benzene rings is 5. The molecule has 0 radical (unpaired) electrons. The van der Waals surface area contributed by atoms with Crippen molar-refractivity contribution in [3.8, 4) is 17.2 Å². The normalized spacial score (nSPS) is 20.1. The third kappa shape index (κ3) is 9.40. The van der Waals surface area contributed by atoms with Gasteiger partial charge in [-0.25, -0.2) is 4.57 Å². The van der Waals surface area contributed by atoms with Crippen LogP contribution < -0.4 is 23.8 Å². The molecule has 1 aliphatic carbocycles. The monoisotopic (exact) mass is 963 g/mol. The summed E-state index contributed by atoms with van der Waals surface area (Å²) in [5, 5.41) is 2.89. The molecule has 4 atom stereocenters. The number of likely N-dealkylation sites (tertiary alicyclic amines) is 1. The van der Waals surface area contributed by atoms with E-state index in [9.17, 15) is 38.3 Å². The van der Waals surface area contributed by atoms with E-state index in [0.717, 1.165) is 21.9 Å². The zero-order valence-corrected chi connectivity index (χ0v) is 38.7. The van der Waals surface area contributed by atoms with Crippen LogP contribution in [0.25, 0.3) is 33.7 Å². The minimum absolute atomic E-state index is 0.0449. The summed E-state index contributed by atoms with van der Waals surface area (Å²) in [6.45, 7) is 2.77. The topological polar surface area (TPSA) is 199 Å². The molecule has 3 heterocycles. The number of carbonyl (C=O) groups is 5. The molecule has 0 spiro atoms. The highest BCUT2D eigenvalue weighted by atomic mass is 35.5. The van der Waals surface area contributed by atoms with Gasteiger partial charge in [0, 0.05) is 85.0 Å². The van der Waals surface area contributed by atoms with Crippen molar-refractivity contribution in [3.05, 3.63) is 113 Å². The molecule has 9 rings (SSSR count). The van der Waals surface area contributed by atoms with E-state index in [-0.39, 0.29) is 79.8 Å². The molecule has 0 bridgehead atoms. The number of alkyl halides is 1. The van der Waals surface area contributed by atoms with Crippen molar-refractivity contribution >= 4 is 93.9 Å². The van der Waals surface area contributed by atoms with Crippen LogP contribution >= 0.6 is 19.4 Å². The summed E-state index contributed by atoms with van der Waals surface area (Å²) in [5.74, 6) is -0.814. The molecule has 68 heavy (non-hydrogen) atoms. The summed E-state index contributed by atoms with van der Waals surface area (Å²) in [6, 6.07) is 23.2. The van der Waals surface area contributed by atoms with Gasteiger partial charge in [-0.2, -0.15) is 0 Å². The summed E-state index contributed by atoms with van der Waals surface area (Å²) < 4.78 is 40.3. The standard InChI is InChI=1S/C50H47ClN3O13P/c1-29-23-45(57)53(50(29)59)19-20-64-21-22-65-40-24-30(11-13-31(40)14-16-43(55)52-18-17-34-33-7-3-4-8-35(33)42(25-38(34)52)67-68(60,61)62)12-15-44(56)54-28-32(27-51)46-37-10-6-5-9-36(37)41(26-39(46)54)66-49-47(58)48(49)63-2/h3-16,24-26,29,32,48-49H,17-23,27-28H2,1-2H3,(H2,60,61,62)/b15-12+,16-14+/t29?,32-,48?,49?/m1/s1. The predicted molar refractivity (Wildman–Crippen MR) is 254 cm³/mol. The molecule has 1 saturated heterocycles. The number of hydrogen-bond acceptors (Lipinski definition) is 11. The number of ether oxygens (including phenoxy) is 4. The van der Waals surface area contributed by atoms with Crippen LogP contribution in [-0.2, 0) is 44.4 Å². The number of ketones is 1. The van der Waals surface area contributed by atoms with Gasteiger partial charge in [-0.15, -0.1) is 11.6 Å². The van der Waals surface area contributed by atoms with E-state index >= 15 is 0 Å². The lowest BCUT2D eigenvalue weighted by Crippen LogP contribution is -2.33. The van der Waals surface area contributed by atoms with E-state index in [1.54, 1.807) is 66.4 Å². The van der Waals surface area contributed by atoms with Crippen LogP contribution in [0.15, 0.2) is 91.0 Å². The molecule has 2 fully saturated rings. The number of amides is 4. The first-order valence-corrected chi connectivity index (χ1v) is 24.1. The number of phosphoric acid groups is 1. The SMILES string of the molecule is COC1C(=O)C1Oc1cc2c(c3ccccc13)[C@H](CCl)CN2C(=O)/C=C/c1ccc(/C=C/C(=O)N2CCc3c2cc(OP(=O)(O)O)c2ccccc32)c(OCCOCCN2C(=O)CC(C)C2=O)c1. The number of Topliss-reactive ketones (excluding diaryl/α,β-unsaturated/α-hetero) is 1. The van der Waals surface area contributed by atoms with Crippen LogP contribution in [0.2, 0.25) is 0 Å². The third-order valence-corrected chi connectivity index (χ3v) is 13.4. The van der Waals surface area contributed by atoms with Gasteiger partial charge in [0.25, 0.3) is 11.8 Å². The van der Waals surface area contributed by atoms with Gasteiger partial charge < -0.3 is 33.3 Å². The van der Waals surface area contributed by atoms with E-state index in [1.807, 2.05) is 30.3 Å². The Labute approximate surface area is 395 Å². The molecular formula is C50H47ClN3O13P. The summed E-state index contributed by atoms with van der Waals surface area (Å²) in [5.41, 5.74) is 3.98. The van der Waals surface area contributed by atoms with Gasteiger partial charge in [0.2, 0.25) is 17.6 Å². The maximum atomic E-state index is 14.1. The largest absolute Gasteiger partial charge is 0.524 e. The minimum Gasteiger partial charge on any atom is -0.491 e. The predicted octanol–water partition coefficient (Wildman–Crippen LogP) is 6.58. The Hall–Kier alpha value is -6.39. The zero-order valence-electron chi connectivity index (χ0n) is 37.0. The first kappa shape index (κ1) is 46.7. The summed E-state index contributed by atoms with van der Waals surface area (Å²) >= 11 is 6.51. The number of methoxy groups -OCH3 is 1. The van der Waals surface area contributed by atoms with Crippen LogP contribution in [0.4, 0.5) is 11.4 Å². The van der Waals surface area contributed by atoms with Crippen LogP contribution in [-0.4, -0.2) is 109 Å². The van der Waals surface area contributed by atoms with E-state index in [4.69, 9.17) is 35.1 Å². The lowest BCUT2D eigenvalue weighted by Gasteiger charge is -2.18. The first-order chi connectivity index (χ1) is 32.7. The number of rotatable bonds is 17. The number of anilines is 2. The van der Waals surface area contributed by atoms with Crippen molar-refractivity contribution in [1.82, 2.24) is 4.90 Å². The second kappa shape index (κ2) is 19.3. The van der Waals surface area contributed by atoms with Crippen molar-refractivity contribution < 1.29 is 61.8 Å². The van der Waals surface area contributed by atoms with Gasteiger partial charge in [-0.3, -0.25) is 38.7 Å². The number of imide groups is 1. The Bertz CT molecular complexity index is 2990.